The summed E-state index contributed by atoms with van der Waals surface area (Å²) in [5.74, 6) is 1.11. The van der Waals surface area contributed by atoms with Crippen LogP contribution in [0.5, 0.6) is 5.75 Å². The lowest BCUT2D eigenvalue weighted by Crippen LogP contribution is -2.05. The van der Waals surface area contributed by atoms with Gasteiger partial charge in [-0.25, -0.2) is 9.78 Å². The Morgan fingerprint density at radius 3 is 2.92 bits per heavy atom. The van der Waals surface area contributed by atoms with E-state index in [1.54, 1.807) is 24.4 Å². The van der Waals surface area contributed by atoms with Crippen molar-refractivity contribution in [3.8, 4) is 28.5 Å². The topological polar surface area (TPSA) is 71.2 Å². The number of esters is 1. The van der Waals surface area contributed by atoms with Crippen molar-refractivity contribution in [2.75, 3.05) is 13.7 Å². The Morgan fingerprint density at radius 2 is 2.15 bits per heavy atom. The quantitative estimate of drug-likeness (QED) is 0.677. The van der Waals surface area contributed by atoms with E-state index in [1.165, 1.54) is 7.11 Å². The number of hydrogen-bond donors (Lipinski definition) is 0. The maximum absolute atomic E-state index is 11.9. The molecule has 0 N–H and O–H groups in total. The van der Waals surface area contributed by atoms with Crippen molar-refractivity contribution in [2.45, 2.75) is 26.4 Å². The molecule has 4 rings (SSSR count). The van der Waals surface area contributed by atoms with Crippen LogP contribution in [0.4, 0.5) is 0 Å². The summed E-state index contributed by atoms with van der Waals surface area (Å²) in [5.41, 5.74) is 3.07. The number of benzene rings is 1. The molecule has 0 amide bonds. The first-order valence-electron chi connectivity index (χ1n) is 8.55. The molecule has 0 atom stereocenters. The fraction of sp³-hybridized carbons (Fsp3) is 0.316. The van der Waals surface area contributed by atoms with E-state index < -0.39 is 0 Å². The molecule has 7 heteroatoms. The first-order chi connectivity index (χ1) is 12.6. The van der Waals surface area contributed by atoms with Gasteiger partial charge in [0, 0.05) is 18.4 Å². The zero-order valence-corrected chi connectivity index (χ0v) is 15.0. The molecule has 0 aliphatic carbocycles. The van der Waals surface area contributed by atoms with E-state index in [9.17, 15) is 4.79 Å². The smallest absolute Gasteiger partial charge is 0.337 e. The van der Waals surface area contributed by atoms with Gasteiger partial charge in [0.15, 0.2) is 0 Å². The van der Waals surface area contributed by atoms with Crippen molar-refractivity contribution >= 4 is 5.97 Å². The molecular formula is C19H20N4O3. The number of rotatable bonds is 3. The Morgan fingerprint density at radius 1 is 1.31 bits per heavy atom. The molecule has 134 valence electrons. The summed E-state index contributed by atoms with van der Waals surface area (Å²) in [5, 5.41) is 4.39. The van der Waals surface area contributed by atoms with Gasteiger partial charge in [-0.1, -0.05) is 0 Å². The van der Waals surface area contributed by atoms with Gasteiger partial charge in [-0.2, -0.15) is 5.10 Å². The molecule has 3 aromatic rings. The third-order valence-corrected chi connectivity index (χ3v) is 4.43. The van der Waals surface area contributed by atoms with Crippen LogP contribution in [0.2, 0.25) is 0 Å². The predicted molar refractivity (Wildman–Crippen MR) is 96.1 cm³/mol. The standard InChI is InChI=1S/C19H20N4O3/c1-12(2)23-16(6-7-20-23)15-11-22-8-9-26-17-5-4-13(19(24)25-3)10-14(17)18(22)21-15/h4-7,10-12H,8-9H2,1-3H3. The number of ether oxygens (including phenoxy) is 2. The van der Waals surface area contributed by atoms with Gasteiger partial charge in [0.25, 0.3) is 0 Å². The Bertz CT molecular complexity index is 971. The maximum Gasteiger partial charge on any atom is 0.337 e. The summed E-state index contributed by atoms with van der Waals surface area (Å²) in [4.78, 5) is 16.7. The summed E-state index contributed by atoms with van der Waals surface area (Å²) < 4.78 is 14.7. The number of carbonyl (C=O) groups excluding carboxylic acids is 1. The van der Waals surface area contributed by atoms with E-state index in [2.05, 4.69) is 23.5 Å². The average Bonchev–Trinajstić information content (AvgIpc) is 3.25. The van der Waals surface area contributed by atoms with Crippen LogP contribution in [0.15, 0.2) is 36.7 Å². The molecule has 0 spiro atoms. The summed E-state index contributed by atoms with van der Waals surface area (Å²) in [6.07, 6.45) is 3.79. The van der Waals surface area contributed by atoms with Crippen molar-refractivity contribution in [2.24, 2.45) is 0 Å². The molecule has 0 bridgehead atoms. The molecule has 0 saturated carbocycles. The second-order valence-corrected chi connectivity index (χ2v) is 6.45. The van der Waals surface area contributed by atoms with Crippen molar-refractivity contribution in [3.05, 3.63) is 42.2 Å². The molecule has 0 unspecified atom stereocenters. The highest BCUT2D eigenvalue weighted by atomic mass is 16.5. The van der Waals surface area contributed by atoms with Crippen molar-refractivity contribution < 1.29 is 14.3 Å². The molecule has 26 heavy (non-hydrogen) atoms. The molecule has 3 heterocycles. The van der Waals surface area contributed by atoms with Gasteiger partial charge in [0.1, 0.15) is 23.9 Å². The van der Waals surface area contributed by atoms with Crippen LogP contribution in [0.1, 0.15) is 30.2 Å². The van der Waals surface area contributed by atoms with E-state index in [4.69, 9.17) is 14.5 Å². The van der Waals surface area contributed by atoms with Crippen LogP contribution in [0.25, 0.3) is 22.8 Å². The second-order valence-electron chi connectivity index (χ2n) is 6.45. The molecule has 7 nitrogen and oxygen atoms in total. The summed E-state index contributed by atoms with van der Waals surface area (Å²) in [6.45, 7) is 5.39. The lowest BCUT2D eigenvalue weighted by molar-refractivity contribution is 0.0600. The largest absolute Gasteiger partial charge is 0.491 e. The Hall–Kier alpha value is -3.09. The van der Waals surface area contributed by atoms with Crippen LogP contribution in [-0.4, -0.2) is 39.0 Å². The van der Waals surface area contributed by atoms with Crippen LogP contribution in [0, 0.1) is 0 Å². The summed E-state index contributed by atoms with van der Waals surface area (Å²) in [6, 6.07) is 7.48. The first kappa shape index (κ1) is 16.4. The normalized spacial score (nSPS) is 12.9. The van der Waals surface area contributed by atoms with Crippen molar-refractivity contribution in [1.82, 2.24) is 19.3 Å². The van der Waals surface area contributed by atoms with Crippen LogP contribution >= 0.6 is 0 Å². The number of hydrogen-bond acceptors (Lipinski definition) is 5. The Labute approximate surface area is 151 Å². The monoisotopic (exact) mass is 352 g/mol. The van der Waals surface area contributed by atoms with Crippen LogP contribution in [-0.2, 0) is 11.3 Å². The summed E-state index contributed by atoms with van der Waals surface area (Å²) >= 11 is 0. The number of imidazole rings is 1. The predicted octanol–water partition coefficient (Wildman–Crippen LogP) is 3.17. The SMILES string of the molecule is COC(=O)c1ccc2c(c1)-c1nc(-c3ccnn3C(C)C)cn1CCO2. The molecule has 2 aromatic heterocycles. The lowest BCUT2D eigenvalue weighted by Gasteiger charge is -2.09. The van der Waals surface area contributed by atoms with Crippen molar-refractivity contribution in [1.29, 1.82) is 0 Å². The zero-order chi connectivity index (χ0) is 18.3. The fourth-order valence-corrected chi connectivity index (χ4v) is 3.18. The molecule has 0 radical (unpaired) electrons. The minimum absolute atomic E-state index is 0.239. The van der Waals surface area contributed by atoms with Gasteiger partial charge in [0.05, 0.1) is 30.5 Å². The number of fused-ring (bicyclic) bond motifs is 3. The van der Waals surface area contributed by atoms with Gasteiger partial charge in [-0.05, 0) is 38.1 Å². The molecule has 0 saturated heterocycles. The van der Waals surface area contributed by atoms with E-state index in [-0.39, 0.29) is 12.0 Å². The van der Waals surface area contributed by atoms with E-state index in [0.717, 1.165) is 22.8 Å². The maximum atomic E-state index is 11.9. The van der Waals surface area contributed by atoms with E-state index >= 15 is 0 Å². The summed E-state index contributed by atoms with van der Waals surface area (Å²) in [7, 11) is 1.37. The highest BCUT2D eigenvalue weighted by Gasteiger charge is 2.22. The number of methoxy groups -OCH3 is 1. The van der Waals surface area contributed by atoms with Gasteiger partial charge in [-0.3, -0.25) is 4.68 Å². The number of carbonyl (C=O) groups is 1. The average molecular weight is 352 g/mol. The highest BCUT2D eigenvalue weighted by molar-refractivity contribution is 5.91. The molecule has 0 fully saturated rings. The first-order valence-corrected chi connectivity index (χ1v) is 8.55. The zero-order valence-electron chi connectivity index (χ0n) is 15.0. The van der Waals surface area contributed by atoms with Crippen LogP contribution < -0.4 is 4.74 Å². The molecule has 1 aliphatic rings. The number of nitrogens with zero attached hydrogens (tertiary/aromatic N) is 4. The van der Waals surface area contributed by atoms with Gasteiger partial charge < -0.3 is 14.0 Å². The minimum atomic E-state index is -0.381. The Balaban J connectivity index is 1.85. The van der Waals surface area contributed by atoms with Gasteiger partial charge >= 0.3 is 5.97 Å². The highest BCUT2D eigenvalue weighted by Crippen LogP contribution is 2.35. The molecule has 1 aliphatic heterocycles. The third-order valence-electron chi connectivity index (χ3n) is 4.43. The fourth-order valence-electron chi connectivity index (χ4n) is 3.18. The Kier molecular flexibility index (Phi) is 3.99. The lowest BCUT2D eigenvalue weighted by atomic mass is 10.1. The molecule has 1 aromatic carbocycles. The van der Waals surface area contributed by atoms with E-state index in [1.807, 2.05) is 16.9 Å². The molecular weight excluding hydrogens is 332 g/mol. The minimum Gasteiger partial charge on any atom is -0.491 e. The van der Waals surface area contributed by atoms with Gasteiger partial charge in [0.2, 0.25) is 0 Å². The van der Waals surface area contributed by atoms with Crippen molar-refractivity contribution in [3.63, 3.8) is 0 Å². The van der Waals surface area contributed by atoms with E-state index in [0.29, 0.717) is 24.5 Å². The second kappa shape index (κ2) is 6.33. The van der Waals surface area contributed by atoms with Gasteiger partial charge in [-0.15, -0.1) is 0 Å². The number of aromatic nitrogens is 4. The van der Waals surface area contributed by atoms with Crippen LogP contribution in [0.3, 0.4) is 0 Å². The third kappa shape index (κ3) is 2.65.